The van der Waals surface area contributed by atoms with E-state index in [1.165, 1.54) is 4.31 Å². The highest BCUT2D eigenvalue weighted by Gasteiger charge is 2.23. The van der Waals surface area contributed by atoms with Crippen molar-refractivity contribution in [3.05, 3.63) is 64.2 Å². The number of carbonyl (C=O) groups excluding carboxylic acids is 1. The van der Waals surface area contributed by atoms with Gasteiger partial charge in [-0.3, -0.25) is 9.10 Å². The van der Waals surface area contributed by atoms with E-state index in [2.05, 4.69) is 5.32 Å². The first kappa shape index (κ1) is 21.0. The lowest BCUT2D eigenvalue weighted by Gasteiger charge is -2.25. The van der Waals surface area contributed by atoms with Gasteiger partial charge >= 0.3 is 0 Å². The van der Waals surface area contributed by atoms with E-state index < -0.39 is 10.0 Å². The Kier molecular flexibility index (Phi) is 6.31. The van der Waals surface area contributed by atoms with Gasteiger partial charge in [-0.05, 0) is 62.9 Å². The van der Waals surface area contributed by atoms with E-state index in [9.17, 15) is 13.2 Å². The molecule has 2 rings (SSSR count). The number of amides is 1. The fourth-order valence-electron chi connectivity index (χ4n) is 3.09. The number of nitrogens with one attached hydrogen (secondary N) is 1. The topological polar surface area (TPSA) is 66.5 Å². The molecule has 0 bridgehead atoms. The van der Waals surface area contributed by atoms with Gasteiger partial charge in [0.15, 0.2) is 0 Å². The molecule has 6 heteroatoms. The van der Waals surface area contributed by atoms with E-state index in [1.54, 1.807) is 6.07 Å². The van der Waals surface area contributed by atoms with Crippen LogP contribution in [0.1, 0.15) is 40.8 Å². The maximum absolute atomic E-state index is 12.6. The SMILES string of the molecule is Cc1ccc(C)c(C(C)NC(=O)CN(c2cc(C)ccc2C)S(C)(=O)=O)c1. The van der Waals surface area contributed by atoms with Crippen LogP contribution in [0, 0.1) is 27.7 Å². The summed E-state index contributed by atoms with van der Waals surface area (Å²) >= 11 is 0. The van der Waals surface area contributed by atoms with Crippen LogP contribution in [0.5, 0.6) is 0 Å². The molecule has 1 unspecified atom stereocenters. The Morgan fingerprint density at radius 2 is 1.56 bits per heavy atom. The van der Waals surface area contributed by atoms with Crippen molar-refractivity contribution in [1.82, 2.24) is 5.32 Å². The van der Waals surface area contributed by atoms with Crippen molar-refractivity contribution in [1.29, 1.82) is 0 Å². The predicted molar refractivity (Wildman–Crippen MR) is 111 cm³/mol. The third kappa shape index (κ3) is 5.32. The van der Waals surface area contributed by atoms with E-state index in [-0.39, 0.29) is 18.5 Å². The molecule has 27 heavy (non-hydrogen) atoms. The second-order valence-corrected chi connectivity index (χ2v) is 9.12. The normalized spacial score (nSPS) is 12.5. The lowest BCUT2D eigenvalue weighted by atomic mass is 10.00. The van der Waals surface area contributed by atoms with E-state index in [0.717, 1.165) is 34.1 Å². The minimum Gasteiger partial charge on any atom is -0.348 e. The molecule has 0 saturated carbocycles. The lowest BCUT2D eigenvalue weighted by Crippen LogP contribution is -2.41. The van der Waals surface area contributed by atoms with Crippen molar-refractivity contribution >= 4 is 21.6 Å². The molecule has 0 aliphatic carbocycles. The molecule has 0 heterocycles. The highest BCUT2D eigenvalue weighted by Crippen LogP contribution is 2.24. The molecule has 1 amide bonds. The minimum absolute atomic E-state index is 0.211. The molecule has 0 fully saturated rings. The van der Waals surface area contributed by atoms with E-state index in [4.69, 9.17) is 0 Å². The van der Waals surface area contributed by atoms with Crippen molar-refractivity contribution in [3.8, 4) is 0 Å². The standard InChI is InChI=1S/C21H28N2O3S/c1-14-7-9-16(3)19(11-14)18(5)22-21(24)13-23(27(6,25)26)20-12-15(2)8-10-17(20)4/h7-12,18H,13H2,1-6H3,(H,22,24). The molecule has 2 aromatic carbocycles. The number of aryl methyl sites for hydroxylation is 4. The molecule has 0 spiro atoms. The number of hydrogen-bond acceptors (Lipinski definition) is 3. The molecule has 0 aliphatic rings. The van der Waals surface area contributed by atoms with Crippen LogP contribution in [0.4, 0.5) is 5.69 Å². The van der Waals surface area contributed by atoms with Crippen LogP contribution < -0.4 is 9.62 Å². The first-order valence-corrected chi connectivity index (χ1v) is 10.8. The van der Waals surface area contributed by atoms with Crippen LogP contribution in [0.2, 0.25) is 0 Å². The maximum Gasteiger partial charge on any atom is 0.241 e. The van der Waals surface area contributed by atoms with Gasteiger partial charge in [0.25, 0.3) is 0 Å². The van der Waals surface area contributed by atoms with Crippen molar-refractivity contribution in [2.24, 2.45) is 0 Å². The Morgan fingerprint density at radius 3 is 2.15 bits per heavy atom. The van der Waals surface area contributed by atoms with Gasteiger partial charge in [0, 0.05) is 0 Å². The highest BCUT2D eigenvalue weighted by molar-refractivity contribution is 7.92. The Hall–Kier alpha value is -2.34. The van der Waals surface area contributed by atoms with Crippen LogP contribution in [0.3, 0.4) is 0 Å². The van der Waals surface area contributed by atoms with Gasteiger partial charge in [0.1, 0.15) is 6.54 Å². The Bertz CT molecular complexity index is 952. The van der Waals surface area contributed by atoms with Gasteiger partial charge < -0.3 is 5.32 Å². The molecular formula is C21H28N2O3S. The van der Waals surface area contributed by atoms with Crippen molar-refractivity contribution in [3.63, 3.8) is 0 Å². The number of sulfonamides is 1. The lowest BCUT2D eigenvalue weighted by molar-refractivity contribution is -0.120. The quantitative estimate of drug-likeness (QED) is 0.823. The Morgan fingerprint density at radius 1 is 1.00 bits per heavy atom. The summed E-state index contributed by atoms with van der Waals surface area (Å²) in [6, 6.07) is 11.4. The molecule has 0 saturated heterocycles. The zero-order chi connectivity index (χ0) is 20.4. The molecule has 1 atom stereocenters. The number of benzene rings is 2. The molecule has 0 radical (unpaired) electrons. The van der Waals surface area contributed by atoms with Gasteiger partial charge in [-0.1, -0.05) is 35.9 Å². The van der Waals surface area contributed by atoms with Crippen LogP contribution >= 0.6 is 0 Å². The van der Waals surface area contributed by atoms with Crippen molar-refractivity contribution in [2.45, 2.75) is 40.7 Å². The van der Waals surface area contributed by atoms with Gasteiger partial charge in [-0.2, -0.15) is 0 Å². The van der Waals surface area contributed by atoms with Crippen molar-refractivity contribution in [2.75, 3.05) is 17.1 Å². The van der Waals surface area contributed by atoms with Crippen LogP contribution in [0.25, 0.3) is 0 Å². The van der Waals surface area contributed by atoms with E-state index in [0.29, 0.717) is 5.69 Å². The number of hydrogen-bond donors (Lipinski definition) is 1. The summed E-state index contributed by atoms with van der Waals surface area (Å²) in [6.45, 7) is 9.38. The average Bonchev–Trinajstić information content (AvgIpc) is 2.56. The second-order valence-electron chi connectivity index (χ2n) is 7.21. The molecule has 5 nitrogen and oxygen atoms in total. The Balaban J connectivity index is 2.24. The smallest absolute Gasteiger partial charge is 0.241 e. The summed E-state index contributed by atoms with van der Waals surface area (Å²) in [5.74, 6) is -0.338. The van der Waals surface area contributed by atoms with E-state index in [1.807, 2.05) is 65.0 Å². The summed E-state index contributed by atoms with van der Waals surface area (Å²) < 4.78 is 25.8. The van der Waals surface area contributed by atoms with E-state index >= 15 is 0 Å². The fourth-order valence-corrected chi connectivity index (χ4v) is 4.00. The summed E-state index contributed by atoms with van der Waals surface area (Å²) in [7, 11) is -3.60. The summed E-state index contributed by atoms with van der Waals surface area (Å²) in [5, 5.41) is 2.93. The number of carbonyl (C=O) groups is 1. The van der Waals surface area contributed by atoms with Gasteiger partial charge in [-0.15, -0.1) is 0 Å². The third-order valence-corrected chi connectivity index (χ3v) is 5.73. The third-order valence-electron chi connectivity index (χ3n) is 4.60. The Labute approximate surface area is 162 Å². The minimum atomic E-state index is -3.60. The summed E-state index contributed by atoms with van der Waals surface area (Å²) in [5.41, 5.74) is 5.51. The second kappa shape index (κ2) is 8.13. The van der Waals surface area contributed by atoms with Crippen LogP contribution in [0.15, 0.2) is 36.4 Å². The molecule has 146 valence electrons. The molecule has 1 N–H and O–H groups in total. The highest BCUT2D eigenvalue weighted by atomic mass is 32.2. The molecule has 2 aromatic rings. The molecule has 0 aliphatic heterocycles. The van der Waals surface area contributed by atoms with Gasteiger partial charge in [0.2, 0.25) is 15.9 Å². The van der Waals surface area contributed by atoms with Crippen LogP contribution in [-0.4, -0.2) is 27.1 Å². The summed E-state index contributed by atoms with van der Waals surface area (Å²) in [4.78, 5) is 12.6. The fraction of sp³-hybridized carbons (Fsp3) is 0.381. The van der Waals surface area contributed by atoms with Crippen LogP contribution in [-0.2, 0) is 14.8 Å². The number of nitrogens with zero attached hydrogens (tertiary/aromatic N) is 1. The first-order chi connectivity index (χ1) is 12.5. The average molecular weight is 389 g/mol. The number of anilines is 1. The van der Waals surface area contributed by atoms with Crippen molar-refractivity contribution < 1.29 is 13.2 Å². The molecular weight excluding hydrogens is 360 g/mol. The van der Waals surface area contributed by atoms with Gasteiger partial charge in [0.05, 0.1) is 18.0 Å². The zero-order valence-electron chi connectivity index (χ0n) is 16.8. The zero-order valence-corrected chi connectivity index (χ0v) is 17.6. The predicted octanol–water partition coefficient (Wildman–Crippen LogP) is 3.56. The number of rotatable bonds is 6. The first-order valence-electron chi connectivity index (χ1n) is 8.90. The monoisotopic (exact) mass is 388 g/mol. The molecule has 0 aromatic heterocycles. The maximum atomic E-state index is 12.6. The van der Waals surface area contributed by atoms with Gasteiger partial charge in [-0.25, -0.2) is 8.42 Å². The summed E-state index contributed by atoms with van der Waals surface area (Å²) in [6.07, 6.45) is 1.12. The largest absolute Gasteiger partial charge is 0.348 e.